The molecule has 0 aliphatic carbocycles. The predicted molar refractivity (Wildman–Crippen MR) is 54.7 cm³/mol. The summed E-state index contributed by atoms with van der Waals surface area (Å²) >= 11 is 0. The number of methoxy groups -OCH3 is 1. The summed E-state index contributed by atoms with van der Waals surface area (Å²) in [4.78, 5) is 2.40. The Bertz CT molecular complexity index is 176. The molecule has 0 aromatic rings. The fourth-order valence-corrected chi connectivity index (χ4v) is 1.68. The molecule has 1 heterocycles. The van der Waals surface area contributed by atoms with Gasteiger partial charge < -0.3 is 10.5 Å². The van der Waals surface area contributed by atoms with Crippen LogP contribution >= 0.6 is 0 Å². The van der Waals surface area contributed by atoms with E-state index in [1.807, 2.05) is 0 Å². The highest BCUT2D eigenvalue weighted by Crippen LogP contribution is 2.09. The molecule has 1 atom stereocenters. The van der Waals surface area contributed by atoms with Crippen LogP contribution in [0.1, 0.15) is 13.3 Å². The molecule has 3 heteroatoms. The third-order valence-corrected chi connectivity index (χ3v) is 2.47. The summed E-state index contributed by atoms with van der Waals surface area (Å²) in [7, 11) is 1.73. The number of ether oxygens (including phenoxy) is 1. The molecule has 0 aromatic heterocycles. The van der Waals surface area contributed by atoms with Crippen molar-refractivity contribution in [3.05, 3.63) is 11.6 Å². The van der Waals surface area contributed by atoms with E-state index in [-0.39, 0.29) is 6.10 Å². The first-order valence-electron chi connectivity index (χ1n) is 4.87. The first kappa shape index (κ1) is 10.7. The highest BCUT2D eigenvalue weighted by molar-refractivity contribution is 5.04. The molecule has 76 valence electrons. The van der Waals surface area contributed by atoms with Crippen LogP contribution in [0.3, 0.4) is 0 Å². The van der Waals surface area contributed by atoms with E-state index in [4.69, 9.17) is 10.5 Å². The topological polar surface area (TPSA) is 38.5 Å². The maximum Gasteiger partial charge on any atom is 0.0820 e. The van der Waals surface area contributed by atoms with E-state index in [9.17, 15) is 0 Å². The maximum atomic E-state index is 5.57. The van der Waals surface area contributed by atoms with Crippen molar-refractivity contribution in [1.82, 2.24) is 4.90 Å². The second kappa shape index (κ2) is 5.37. The Morgan fingerprint density at radius 1 is 1.69 bits per heavy atom. The average Bonchev–Trinajstić information content (AvgIpc) is 2.14. The highest BCUT2D eigenvalue weighted by Gasteiger charge is 2.14. The molecule has 3 nitrogen and oxygen atoms in total. The third-order valence-electron chi connectivity index (χ3n) is 2.47. The van der Waals surface area contributed by atoms with E-state index in [2.05, 4.69) is 17.9 Å². The molecule has 0 saturated heterocycles. The molecule has 0 saturated carbocycles. The van der Waals surface area contributed by atoms with E-state index in [1.54, 1.807) is 7.11 Å². The second-order valence-corrected chi connectivity index (χ2v) is 3.67. The van der Waals surface area contributed by atoms with Crippen molar-refractivity contribution in [3.63, 3.8) is 0 Å². The van der Waals surface area contributed by atoms with E-state index >= 15 is 0 Å². The molecule has 1 unspecified atom stereocenters. The molecule has 0 amide bonds. The van der Waals surface area contributed by atoms with E-state index < -0.39 is 0 Å². The van der Waals surface area contributed by atoms with Gasteiger partial charge in [0.05, 0.1) is 6.10 Å². The summed E-state index contributed by atoms with van der Waals surface area (Å²) in [6.45, 7) is 5.95. The predicted octanol–water partition coefficient (Wildman–Crippen LogP) is 0.612. The van der Waals surface area contributed by atoms with Gasteiger partial charge in [0, 0.05) is 33.3 Å². The fourth-order valence-electron chi connectivity index (χ4n) is 1.68. The first-order valence-corrected chi connectivity index (χ1v) is 4.87. The SMILES string of the molecule is COC(CN)CN1CCC=C(C)C1. The van der Waals surface area contributed by atoms with Gasteiger partial charge in [0.1, 0.15) is 0 Å². The smallest absolute Gasteiger partial charge is 0.0820 e. The summed E-state index contributed by atoms with van der Waals surface area (Å²) in [5.41, 5.74) is 7.03. The monoisotopic (exact) mass is 184 g/mol. The molecule has 0 aromatic carbocycles. The van der Waals surface area contributed by atoms with Gasteiger partial charge in [-0.3, -0.25) is 4.90 Å². The standard InChI is InChI=1S/C10H20N2O/c1-9-4-3-5-12(7-9)8-10(6-11)13-2/h4,10H,3,5-8,11H2,1-2H3. The van der Waals surface area contributed by atoms with Gasteiger partial charge in [-0.15, -0.1) is 0 Å². The normalized spacial score (nSPS) is 21.3. The molecule has 1 aliphatic heterocycles. The number of rotatable bonds is 4. The van der Waals surface area contributed by atoms with Crippen molar-refractivity contribution in [2.24, 2.45) is 5.73 Å². The summed E-state index contributed by atoms with van der Waals surface area (Å²) in [6.07, 6.45) is 3.65. The first-order chi connectivity index (χ1) is 6.26. The van der Waals surface area contributed by atoms with E-state index in [0.717, 1.165) is 26.1 Å². The quantitative estimate of drug-likeness (QED) is 0.651. The number of nitrogens with two attached hydrogens (primary N) is 1. The Labute approximate surface area is 80.5 Å². The van der Waals surface area contributed by atoms with Crippen LogP contribution in [0.25, 0.3) is 0 Å². The minimum Gasteiger partial charge on any atom is -0.379 e. The van der Waals surface area contributed by atoms with Gasteiger partial charge in [-0.2, -0.15) is 0 Å². The number of nitrogens with zero attached hydrogens (tertiary/aromatic N) is 1. The molecule has 1 aliphatic rings. The van der Waals surface area contributed by atoms with Gasteiger partial charge in [-0.1, -0.05) is 11.6 Å². The summed E-state index contributed by atoms with van der Waals surface area (Å²) in [5.74, 6) is 0. The lowest BCUT2D eigenvalue weighted by Gasteiger charge is -2.28. The molecular weight excluding hydrogens is 164 g/mol. The van der Waals surface area contributed by atoms with Gasteiger partial charge in [0.25, 0.3) is 0 Å². The lowest BCUT2D eigenvalue weighted by atomic mass is 10.1. The van der Waals surface area contributed by atoms with Crippen LogP contribution in [-0.4, -0.2) is 44.3 Å². The summed E-state index contributed by atoms with van der Waals surface area (Å²) in [5, 5.41) is 0. The minimum absolute atomic E-state index is 0.186. The Morgan fingerprint density at radius 3 is 3.00 bits per heavy atom. The zero-order chi connectivity index (χ0) is 9.68. The lowest BCUT2D eigenvalue weighted by Crippen LogP contribution is -2.40. The fraction of sp³-hybridized carbons (Fsp3) is 0.800. The van der Waals surface area contributed by atoms with Crippen LogP contribution in [0.15, 0.2) is 11.6 Å². The molecule has 0 radical (unpaired) electrons. The Kier molecular flexibility index (Phi) is 4.42. The number of hydrogen-bond donors (Lipinski definition) is 1. The Balaban J connectivity index is 2.32. The molecule has 0 spiro atoms. The molecule has 2 N–H and O–H groups in total. The Morgan fingerprint density at radius 2 is 2.46 bits per heavy atom. The van der Waals surface area contributed by atoms with Crippen molar-refractivity contribution >= 4 is 0 Å². The van der Waals surface area contributed by atoms with Gasteiger partial charge in [-0.25, -0.2) is 0 Å². The van der Waals surface area contributed by atoms with Gasteiger partial charge in [0.2, 0.25) is 0 Å². The van der Waals surface area contributed by atoms with Gasteiger partial charge >= 0.3 is 0 Å². The van der Waals surface area contributed by atoms with E-state index in [0.29, 0.717) is 6.54 Å². The van der Waals surface area contributed by atoms with Crippen LogP contribution in [0.5, 0.6) is 0 Å². The maximum absolute atomic E-state index is 5.57. The van der Waals surface area contributed by atoms with Crippen molar-refractivity contribution < 1.29 is 4.74 Å². The van der Waals surface area contributed by atoms with Crippen LogP contribution < -0.4 is 5.73 Å². The van der Waals surface area contributed by atoms with Gasteiger partial charge in [0.15, 0.2) is 0 Å². The average molecular weight is 184 g/mol. The molecule has 0 fully saturated rings. The van der Waals surface area contributed by atoms with Crippen LogP contribution in [-0.2, 0) is 4.74 Å². The lowest BCUT2D eigenvalue weighted by molar-refractivity contribution is 0.0720. The molecule has 1 rings (SSSR count). The zero-order valence-electron chi connectivity index (χ0n) is 8.62. The van der Waals surface area contributed by atoms with E-state index in [1.165, 1.54) is 5.57 Å². The van der Waals surface area contributed by atoms with Crippen molar-refractivity contribution in [3.8, 4) is 0 Å². The highest BCUT2D eigenvalue weighted by atomic mass is 16.5. The van der Waals surface area contributed by atoms with Crippen LogP contribution in [0, 0.1) is 0 Å². The van der Waals surface area contributed by atoms with Crippen molar-refractivity contribution in [2.45, 2.75) is 19.4 Å². The van der Waals surface area contributed by atoms with Crippen molar-refractivity contribution in [1.29, 1.82) is 0 Å². The molecular formula is C10H20N2O. The Hall–Kier alpha value is -0.380. The summed E-state index contributed by atoms with van der Waals surface area (Å²) in [6, 6.07) is 0. The van der Waals surface area contributed by atoms with Crippen LogP contribution in [0.4, 0.5) is 0 Å². The largest absolute Gasteiger partial charge is 0.379 e. The third kappa shape index (κ3) is 3.46. The summed E-state index contributed by atoms with van der Waals surface area (Å²) < 4.78 is 5.25. The molecule has 0 bridgehead atoms. The minimum atomic E-state index is 0.186. The van der Waals surface area contributed by atoms with Crippen molar-refractivity contribution in [2.75, 3.05) is 33.3 Å². The number of hydrogen-bond acceptors (Lipinski definition) is 3. The van der Waals surface area contributed by atoms with Gasteiger partial charge in [-0.05, 0) is 13.3 Å². The zero-order valence-corrected chi connectivity index (χ0v) is 8.62. The second-order valence-electron chi connectivity index (χ2n) is 3.67. The van der Waals surface area contributed by atoms with Crippen LogP contribution in [0.2, 0.25) is 0 Å². The molecule has 13 heavy (non-hydrogen) atoms.